The lowest BCUT2D eigenvalue weighted by Crippen LogP contribution is -2.08. The van der Waals surface area contributed by atoms with Crippen LogP contribution in [0.25, 0.3) is 11.1 Å². The second-order valence-electron chi connectivity index (χ2n) is 5.25. The number of Topliss-reactive ketones (excluding diaryl/α,β-unsaturated/α-hetero) is 1. The van der Waals surface area contributed by atoms with E-state index in [1.165, 1.54) is 6.92 Å². The highest BCUT2D eigenvalue weighted by Gasteiger charge is 2.22. The van der Waals surface area contributed by atoms with Gasteiger partial charge in [0.15, 0.2) is 11.5 Å². The highest BCUT2D eigenvalue weighted by Crippen LogP contribution is 2.32. The van der Waals surface area contributed by atoms with E-state index in [0.29, 0.717) is 21.9 Å². The summed E-state index contributed by atoms with van der Waals surface area (Å²) in [7, 11) is 0. The molecule has 110 valence electrons. The van der Waals surface area contributed by atoms with Crippen molar-refractivity contribution in [2.75, 3.05) is 0 Å². The Morgan fingerprint density at radius 2 is 2.23 bits per heavy atom. The Morgan fingerprint density at radius 1 is 1.45 bits per heavy atom. The first-order valence-electron chi connectivity index (χ1n) is 7.04. The Kier molecular flexibility index (Phi) is 3.59. The maximum atomic E-state index is 12.1. The summed E-state index contributed by atoms with van der Waals surface area (Å²) in [5.74, 6) is 0.580. The van der Waals surface area contributed by atoms with Crippen molar-refractivity contribution in [3.05, 3.63) is 52.1 Å². The molecule has 2 aromatic rings. The van der Waals surface area contributed by atoms with Crippen LogP contribution in [0.4, 0.5) is 0 Å². The van der Waals surface area contributed by atoms with Crippen LogP contribution in [0.2, 0.25) is 5.02 Å². The number of allylic oxidation sites excluding steroid dienone is 4. The fourth-order valence-electron chi connectivity index (χ4n) is 2.83. The Labute approximate surface area is 133 Å². The largest absolute Gasteiger partial charge is 0.294 e. The minimum Gasteiger partial charge on any atom is -0.294 e. The van der Waals surface area contributed by atoms with Gasteiger partial charge in [0, 0.05) is 5.56 Å². The number of rotatable bonds is 2. The summed E-state index contributed by atoms with van der Waals surface area (Å²) in [6, 6.07) is 3.71. The molecular formula is C17H14ClN3O. The maximum Gasteiger partial charge on any atom is 0.168 e. The summed E-state index contributed by atoms with van der Waals surface area (Å²) >= 11 is 6.31. The first-order valence-corrected chi connectivity index (χ1v) is 7.42. The Morgan fingerprint density at radius 3 is 2.82 bits per heavy atom. The van der Waals surface area contributed by atoms with Gasteiger partial charge in [0.1, 0.15) is 17.4 Å². The number of hydrogen-bond acceptors (Lipinski definition) is 3. The van der Waals surface area contributed by atoms with Crippen LogP contribution in [0.3, 0.4) is 0 Å². The molecule has 0 saturated heterocycles. The molecule has 0 unspecified atom stereocenters. The molecule has 3 rings (SSSR count). The summed E-state index contributed by atoms with van der Waals surface area (Å²) < 4.78 is 1.82. The molecule has 0 fully saturated rings. The standard InChI is InChI=1S/C17H14ClN3O/c1-10(22)13-8-14(18)17-15(9-19)20-11(2)21(17)16(13)12-6-4-3-5-7-12/h4,6-8H,3,5H2,1-2H3. The molecule has 4 nitrogen and oxygen atoms in total. The number of carbonyl (C=O) groups excluding carboxylic acids is 1. The third kappa shape index (κ3) is 2.15. The minimum absolute atomic E-state index is 0.0646. The molecule has 2 aromatic heterocycles. The Bertz CT molecular complexity index is 897. The highest BCUT2D eigenvalue weighted by atomic mass is 35.5. The molecule has 0 radical (unpaired) electrons. The monoisotopic (exact) mass is 311 g/mol. The van der Waals surface area contributed by atoms with E-state index in [4.69, 9.17) is 11.6 Å². The average molecular weight is 312 g/mol. The average Bonchev–Trinajstić information content (AvgIpc) is 2.85. The van der Waals surface area contributed by atoms with Crippen molar-refractivity contribution in [3.8, 4) is 6.07 Å². The Hall–Kier alpha value is -2.38. The molecular weight excluding hydrogens is 298 g/mol. The fraction of sp³-hybridized carbons (Fsp3) is 0.235. The van der Waals surface area contributed by atoms with Gasteiger partial charge >= 0.3 is 0 Å². The van der Waals surface area contributed by atoms with Gasteiger partial charge in [-0.15, -0.1) is 0 Å². The summed E-state index contributed by atoms with van der Waals surface area (Å²) in [5, 5.41) is 9.64. The predicted molar refractivity (Wildman–Crippen MR) is 86.0 cm³/mol. The van der Waals surface area contributed by atoms with Crippen molar-refractivity contribution in [2.45, 2.75) is 26.7 Å². The van der Waals surface area contributed by atoms with Gasteiger partial charge in [-0.05, 0) is 38.3 Å². The number of hydrogen-bond donors (Lipinski definition) is 0. The van der Waals surface area contributed by atoms with E-state index >= 15 is 0 Å². The van der Waals surface area contributed by atoms with E-state index < -0.39 is 0 Å². The van der Waals surface area contributed by atoms with Crippen molar-refractivity contribution in [1.82, 2.24) is 9.38 Å². The molecule has 0 aliphatic heterocycles. The number of aryl methyl sites for hydroxylation is 1. The second kappa shape index (κ2) is 5.43. The van der Waals surface area contributed by atoms with E-state index in [1.807, 2.05) is 17.4 Å². The van der Waals surface area contributed by atoms with Crippen LogP contribution < -0.4 is 0 Å². The number of halogens is 1. The zero-order valence-corrected chi connectivity index (χ0v) is 13.1. The Balaban J connectivity index is 2.49. The van der Waals surface area contributed by atoms with Crippen molar-refractivity contribution < 1.29 is 4.79 Å². The summed E-state index contributed by atoms with van der Waals surface area (Å²) in [6.07, 6.45) is 8.09. The molecule has 1 aliphatic carbocycles. The predicted octanol–water partition coefficient (Wildman–Crippen LogP) is 4.10. The summed E-state index contributed by atoms with van der Waals surface area (Å²) in [5.41, 5.74) is 3.10. The van der Waals surface area contributed by atoms with Gasteiger partial charge in [-0.2, -0.15) is 5.26 Å². The number of carbonyl (C=O) groups is 1. The molecule has 22 heavy (non-hydrogen) atoms. The molecule has 5 heteroatoms. The third-order valence-electron chi connectivity index (χ3n) is 3.77. The number of aromatic nitrogens is 2. The second-order valence-corrected chi connectivity index (χ2v) is 5.66. The van der Waals surface area contributed by atoms with Crippen LogP contribution in [0.5, 0.6) is 0 Å². The van der Waals surface area contributed by atoms with Crippen molar-refractivity contribution in [3.63, 3.8) is 0 Å². The molecule has 0 N–H and O–H groups in total. The first kappa shape index (κ1) is 14.6. The SMILES string of the molecule is CC(=O)c1cc(Cl)c2c(C#N)nc(C)n2c1C1=CCCC=C1. The van der Waals surface area contributed by atoms with Crippen molar-refractivity contribution >= 4 is 28.5 Å². The number of fused-ring (bicyclic) bond motifs is 1. The van der Waals surface area contributed by atoms with Gasteiger partial charge < -0.3 is 0 Å². The highest BCUT2D eigenvalue weighted by molar-refractivity contribution is 6.34. The van der Waals surface area contributed by atoms with Gasteiger partial charge in [0.25, 0.3) is 0 Å². The minimum atomic E-state index is -0.0646. The van der Waals surface area contributed by atoms with Gasteiger partial charge in [-0.25, -0.2) is 4.98 Å². The molecule has 0 bridgehead atoms. The number of ketones is 1. The maximum absolute atomic E-state index is 12.1. The zero-order chi connectivity index (χ0) is 15.9. The first-order chi connectivity index (χ1) is 10.5. The van der Waals surface area contributed by atoms with Gasteiger partial charge in [0.05, 0.1) is 10.7 Å². The van der Waals surface area contributed by atoms with Crippen LogP contribution >= 0.6 is 11.6 Å². The lowest BCUT2D eigenvalue weighted by Gasteiger charge is -2.16. The van der Waals surface area contributed by atoms with E-state index in [-0.39, 0.29) is 11.5 Å². The van der Waals surface area contributed by atoms with E-state index in [1.54, 1.807) is 6.07 Å². The molecule has 0 saturated carbocycles. The van der Waals surface area contributed by atoms with E-state index in [2.05, 4.69) is 23.2 Å². The molecule has 0 amide bonds. The lowest BCUT2D eigenvalue weighted by atomic mass is 9.97. The smallest absolute Gasteiger partial charge is 0.168 e. The fourth-order valence-corrected chi connectivity index (χ4v) is 3.11. The number of pyridine rings is 1. The number of nitriles is 1. The van der Waals surface area contributed by atoms with Crippen LogP contribution in [0.1, 0.15) is 47.3 Å². The molecule has 0 spiro atoms. The number of nitrogens with zero attached hydrogens (tertiary/aromatic N) is 3. The lowest BCUT2D eigenvalue weighted by molar-refractivity contribution is 0.101. The normalized spacial score (nSPS) is 14.0. The molecule has 2 heterocycles. The van der Waals surface area contributed by atoms with Crippen LogP contribution in [-0.4, -0.2) is 15.2 Å². The molecule has 0 atom stereocenters. The number of imidazole rings is 1. The quantitative estimate of drug-likeness (QED) is 0.784. The van der Waals surface area contributed by atoms with Gasteiger partial charge in [-0.3, -0.25) is 9.20 Å². The van der Waals surface area contributed by atoms with Crippen LogP contribution in [0, 0.1) is 18.3 Å². The third-order valence-corrected chi connectivity index (χ3v) is 4.06. The van der Waals surface area contributed by atoms with Gasteiger partial charge in [0.2, 0.25) is 0 Å². The molecule has 0 aromatic carbocycles. The van der Waals surface area contributed by atoms with Gasteiger partial charge in [-0.1, -0.05) is 29.8 Å². The van der Waals surface area contributed by atoms with Crippen LogP contribution in [0.15, 0.2) is 24.3 Å². The van der Waals surface area contributed by atoms with Crippen molar-refractivity contribution in [2.24, 2.45) is 0 Å². The van der Waals surface area contributed by atoms with E-state index in [0.717, 1.165) is 24.1 Å². The zero-order valence-electron chi connectivity index (χ0n) is 12.4. The van der Waals surface area contributed by atoms with E-state index in [9.17, 15) is 10.1 Å². The topological polar surface area (TPSA) is 58.2 Å². The summed E-state index contributed by atoms with van der Waals surface area (Å²) in [6.45, 7) is 3.33. The van der Waals surface area contributed by atoms with Crippen molar-refractivity contribution in [1.29, 1.82) is 5.26 Å². The molecule has 1 aliphatic rings. The van der Waals surface area contributed by atoms with Crippen LogP contribution in [-0.2, 0) is 0 Å². The summed E-state index contributed by atoms with van der Waals surface area (Å²) in [4.78, 5) is 16.4.